The Morgan fingerprint density at radius 2 is 1.95 bits per heavy atom. The Morgan fingerprint density at radius 1 is 1.21 bits per heavy atom. The Kier molecular flexibility index (Phi) is 3.40. The number of amides is 2. The standard InChI is InChI=1S/C14H20N4O/c15-14(19)18-8-5-11-3-1-2-4-12(11)13(18)17-9-6-16-7-10-17/h1-4,13,16H,5-10H2,(H2,15,19). The highest BCUT2D eigenvalue weighted by Gasteiger charge is 2.34. The molecule has 2 aliphatic rings. The van der Waals surface area contributed by atoms with Gasteiger partial charge in [0.2, 0.25) is 0 Å². The number of urea groups is 1. The molecule has 0 spiro atoms. The summed E-state index contributed by atoms with van der Waals surface area (Å²) >= 11 is 0. The summed E-state index contributed by atoms with van der Waals surface area (Å²) in [6.07, 6.45) is 0.895. The van der Waals surface area contributed by atoms with Crippen molar-refractivity contribution < 1.29 is 4.79 Å². The summed E-state index contributed by atoms with van der Waals surface area (Å²) in [5.74, 6) is 0. The van der Waals surface area contributed by atoms with Gasteiger partial charge in [-0.05, 0) is 17.5 Å². The number of nitrogens with zero attached hydrogens (tertiary/aromatic N) is 2. The van der Waals surface area contributed by atoms with Crippen LogP contribution in [0.3, 0.4) is 0 Å². The SMILES string of the molecule is NC(=O)N1CCc2ccccc2C1N1CCNCC1. The lowest BCUT2D eigenvalue weighted by molar-refractivity contribution is 0.0513. The fraction of sp³-hybridized carbons (Fsp3) is 0.500. The molecule has 5 heteroatoms. The summed E-state index contributed by atoms with van der Waals surface area (Å²) in [6, 6.07) is 8.06. The highest BCUT2D eigenvalue weighted by molar-refractivity contribution is 5.73. The number of fused-ring (bicyclic) bond motifs is 1. The molecule has 1 atom stereocenters. The van der Waals surface area contributed by atoms with Crippen LogP contribution in [0.25, 0.3) is 0 Å². The van der Waals surface area contributed by atoms with Crippen LogP contribution in [0.4, 0.5) is 4.79 Å². The van der Waals surface area contributed by atoms with Gasteiger partial charge in [-0.3, -0.25) is 4.90 Å². The van der Waals surface area contributed by atoms with Gasteiger partial charge in [0.05, 0.1) is 0 Å². The minimum atomic E-state index is -0.321. The van der Waals surface area contributed by atoms with Crippen LogP contribution in [0.5, 0.6) is 0 Å². The first-order chi connectivity index (χ1) is 9.27. The van der Waals surface area contributed by atoms with Crippen LogP contribution in [0, 0.1) is 0 Å². The van der Waals surface area contributed by atoms with Crippen LogP contribution in [0.2, 0.25) is 0 Å². The smallest absolute Gasteiger partial charge is 0.316 e. The minimum Gasteiger partial charge on any atom is -0.351 e. The second-order valence-electron chi connectivity index (χ2n) is 5.14. The highest BCUT2D eigenvalue weighted by Crippen LogP contribution is 2.32. The second kappa shape index (κ2) is 5.19. The molecule has 2 heterocycles. The lowest BCUT2D eigenvalue weighted by Gasteiger charge is -2.44. The van der Waals surface area contributed by atoms with Crippen molar-refractivity contribution in [2.75, 3.05) is 32.7 Å². The molecule has 102 valence electrons. The first kappa shape index (κ1) is 12.4. The van der Waals surface area contributed by atoms with Gasteiger partial charge in [0.25, 0.3) is 0 Å². The number of nitrogens with two attached hydrogens (primary N) is 1. The zero-order chi connectivity index (χ0) is 13.2. The van der Waals surface area contributed by atoms with Gasteiger partial charge < -0.3 is 16.0 Å². The van der Waals surface area contributed by atoms with Crippen molar-refractivity contribution in [1.82, 2.24) is 15.1 Å². The number of nitrogens with one attached hydrogen (secondary N) is 1. The summed E-state index contributed by atoms with van der Waals surface area (Å²) < 4.78 is 0. The summed E-state index contributed by atoms with van der Waals surface area (Å²) in [5.41, 5.74) is 8.13. The Balaban J connectivity index is 1.96. The Hall–Kier alpha value is -1.59. The van der Waals surface area contributed by atoms with Crippen molar-refractivity contribution in [2.45, 2.75) is 12.6 Å². The molecule has 5 nitrogen and oxygen atoms in total. The fourth-order valence-corrected chi connectivity index (χ4v) is 3.10. The van der Waals surface area contributed by atoms with Crippen molar-refractivity contribution in [3.8, 4) is 0 Å². The van der Waals surface area contributed by atoms with Gasteiger partial charge in [0, 0.05) is 32.7 Å². The van der Waals surface area contributed by atoms with Crippen LogP contribution in [-0.4, -0.2) is 48.6 Å². The highest BCUT2D eigenvalue weighted by atomic mass is 16.2. The predicted octanol–water partition coefficient (Wildman–Crippen LogP) is 0.527. The molecule has 0 saturated carbocycles. The van der Waals surface area contributed by atoms with Crippen molar-refractivity contribution in [2.24, 2.45) is 5.73 Å². The maximum Gasteiger partial charge on any atom is 0.316 e. The van der Waals surface area contributed by atoms with E-state index in [4.69, 9.17) is 5.73 Å². The summed E-state index contributed by atoms with van der Waals surface area (Å²) in [4.78, 5) is 15.9. The maximum atomic E-state index is 11.7. The molecule has 1 saturated heterocycles. The average Bonchev–Trinajstić information content (AvgIpc) is 2.46. The predicted molar refractivity (Wildman–Crippen MR) is 73.6 cm³/mol. The van der Waals surface area contributed by atoms with E-state index >= 15 is 0 Å². The minimum absolute atomic E-state index is 0.00421. The van der Waals surface area contributed by atoms with Gasteiger partial charge in [0.15, 0.2) is 0 Å². The number of primary amides is 1. The molecule has 1 unspecified atom stereocenters. The zero-order valence-electron chi connectivity index (χ0n) is 11.0. The molecule has 1 fully saturated rings. The van der Waals surface area contributed by atoms with Gasteiger partial charge in [0.1, 0.15) is 6.17 Å². The topological polar surface area (TPSA) is 61.6 Å². The summed E-state index contributed by atoms with van der Waals surface area (Å²) in [6.45, 7) is 4.53. The zero-order valence-corrected chi connectivity index (χ0v) is 11.0. The Bertz CT molecular complexity index is 470. The molecule has 2 aliphatic heterocycles. The summed E-state index contributed by atoms with van der Waals surface area (Å²) in [5, 5.41) is 3.35. The van der Waals surface area contributed by atoms with Gasteiger partial charge in [-0.2, -0.15) is 0 Å². The van der Waals surface area contributed by atoms with Crippen LogP contribution >= 0.6 is 0 Å². The second-order valence-corrected chi connectivity index (χ2v) is 5.14. The fourth-order valence-electron chi connectivity index (χ4n) is 3.10. The molecule has 2 amide bonds. The average molecular weight is 260 g/mol. The largest absolute Gasteiger partial charge is 0.351 e. The third-order valence-corrected chi connectivity index (χ3v) is 4.03. The lowest BCUT2D eigenvalue weighted by atomic mass is 9.96. The number of carbonyl (C=O) groups is 1. The first-order valence-electron chi connectivity index (χ1n) is 6.86. The van der Waals surface area contributed by atoms with Gasteiger partial charge in [-0.1, -0.05) is 24.3 Å². The Labute approximate surface area is 113 Å². The van der Waals surface area contributed by atoms with Crippen molar-refractivity contribution in [1.29, 1.82) is 0 Å². The van der Waals surface area contributed by atoms with Crippen molar-refractivity contribution in [3.05, 3.63) is 35.4 Å². The van der Waals surface area contributed by atoms with Crippen molar-refractivity contribution >= 4 is 6.03 Å². The monoisotopic (exact) mass is 260 g/mol. The first-order valence-corrected chi connectivity index (χ1v) is 6.86. The number of carbonyl (C=O) groups excluding carboxylic acids is 1. The number of hydrogen-bond donors (Lipinski definition) is 2. The van der Waals surface area contributed by atoms with E-state index in [0.29, 0.717) is 6.54 Å². The molecule has 0 radical (unpaired) electrons. The Morgan fingerprint density at radius 3 is 2.68 bits per heavy atom. The van der Waals surface area contributed by atoms with E-state index in [1.54, 1.807) is 4.90 Å². The van der Waals surface area contributed by atoms with Gasteiger partial charge >= 0.3 is 6.03 Å². The van der Waals surface area contributed by atoms with Gasteiger partial charge in [-0.15, -0.1) is 0 Å². The van der Waals surface area contributed by atoms with E-state index < -0.39 is 0 Å². The van der Waals surface area contributed by atoms with E-state index in [0.717, 1.165) is 32.6 Å². The third-order valence-electron chi connectivity index (χ3n) is 4.03. The normalized spacial score (nSPS) is 24.0. The lowest BCUT2D eigenvalue weighted by Crippen LogP contribution is -2.54. The number of piperazine rings is 1. The van der Waals surface area contributed by atoms with E-state index in [1.165, 1.54) is 11.1 Å². The molecule has 0 aromatic heterocycles. The molecule has 0 bridgehead atoms. The van der Waals surface area contributed by atoms with Crippen LogP contribution < -0.4 is 11.1 Å². The van der Waals surface area contributed by atoms with Crippen molar-refractivity contribution in [3.63, 3.8) is 0 Å². The molecule has 0 aliphatic carbocycles. The maximum absolute atomic E-state index is 11.7. The molecule has 19 heavy (non-hydrogen) atoms. The van der Waals surface area contributed by atoms with Crippen LogP contribution in [-0.2, 0) is 6.42 Å². The van der Waals surface area contributed by atoms with E-state index in [-0.39, 0.29) is 12.2 Å². The molecule has 3 rings (SSSR count). The number of rotatable bonds is 1. The molecule has 3 N–H and O–H groups in total. The molecular weight excluding hydrogens is 240 g/mol. The van der Waals surface area contributed by atoms with Crippen LogP contribution in [0.15, 0.2) is 24.3 Å². The van der Waals surface area contributed by atoms with Gasteiger partial charge in [-0.25, -0.2) is 4.79 Å². The molecule has 1 aromatic rings. The van der Waals surface area contributed by atoms with E-state index in [2.05, 4.69) is 28.4 Å². The summed E-state index contributed by atoms with van der Waals surface area (Å²) in [7, 11) is 0. The number of benzene rings is 1. The molecule has 1 aromatic carbocycles. The molecular formula is C14H20N4O. The van der Waals surface area contributed by atoms with E-state index in [1.807, 2.05) is 6.07 Å². The third kappa shape index (κ3) is 2.31. The quantitative estimate of drug-likeness (QED) is 0.774. The van der Waals surface area contributed by atoms with E-state index in [9.17, 15) is 4.79 Å². The number of hydrogen-bond acceptors (Lipinski definition) is 3. The van der Waals surface area contributed by atoms with Crippen LogP contribution in [0.1, 0.15) is 17.3 Å².